The van der Waals surface area contributed by atoms with Gasteiger partial charge in [0.05, 0.1) is 13.2 Å². The number of nitrogens with one attached hydrogen (secondary N) is 2. The maximum Gasteiger partial charge on any atom is 0.243 e. The quantitative estimate of drug-likeness (QED) is 0.423. The van der Waals surface area contributed by atoms with E-state index < -0.39 is 0 Å². The molecule has 0 unspecified atom stereocenters. The van der Waals surface area contributed by atoms with E-state index in [1.165, 1.54) is 6.08 Å². The Bertz CT molecular complexity index is 879. The third-order valence-electron chi connectivity index (χ3n) is 3.99. The fourth-order valence-electron chi connectivity index (χ4n) is 2.59. The fourth-order valence-corrected chi connectivity index (χ4v) is 2.71. The molecule has 0 heterocycles. The molecule has 0 radical (unpaired) electrons. The molecule has 0 aromatic heterocycles. The molecule has 2 rings (SSSR count). The Kier molecular flexibility index (Phi) is 9.22. The van der Waals surface area contributed by atoms with Gasteiger partial charge in [-0.1, -0.05) is 17.7 Å². The first-order valence-electron chi connectivity index (χ1n) is 9.73. The third-order valence-corrected chi connectivity index (χ3v) is 4.24. The van der Waals surface area contributed by atoms with Crippen LogP contribution in [0.25, 0.3) is 6.08 Å². The molecule has 0 saturated carbocycles. The second-order valence-corrected chi connectivity index (χ2v) is 7.30. The van der Waals surface area contributed by atoms with E-state index in [4.69, 9.17) is 21.1 Å². The molecule has 2 amide bonds. The average Bonchev–Trinajstić information content (AvgIpc) is 2.71. The summed E-state index contributed by atoms with van der Waals surface area (Å²) in [6, 6.07) is 12.4. The number of ether oxygens (including phenoxy) is 2. The van der Waals surface area contributed by atoms with Crippen LogP contribution < -0.4 is 20.1 Å². The molecule has 2 aromatic rings. The third kappa shape index (κ3) is 8.17. The minimum atomic E-state index is -0.227. The van der Waals surface area contributed by atoms with E-state index in [9.17, 15) is 9.59 Å². The van der Waals surface area contributed by atoms with Crippen LogP contribution in [0.4, 0.5) is 5.69 Å². The molecule has 7 heteroatoms. The maximum atomic E-state index is 12.0. The Morgan fingerprint density at radius 2 is 1.83 bits per heavy atom. The smallest absolute Gasteiger partial charge is 0.243 e. The Morgan fingerprint density at radius 3 is 2.50 bits per heavy atom. The predicted molar refractivity (Wildman–Crippen MR) is 120 cm³/mol. The van der Waals surface area contributed by atoms with Gasteiger partial charge in [0.1, 0.15) is 0 Å². The molecule has 160 valence electrons. The number of halogens is 1. The first-order chi connectivity index (χ1) is 14.4. The number of carbonyl (C=O) groups excluding carboxylic acids is 2. The van der Waals surface area contributed by atoms with Crippen molar-refractivity contribution in [3.05, 3.63) is 59.1 Å². The lowest BCUT2D eigenvalue weighted by Gasteiger charge is -2.13. The Balaban J connectivity index is 1.74. The number of amides is 2. The van der Waals surface area contributed by atoms with Crippen LogP contribution in [-0.2, 0) is 9.59 Å². The second kappa shape index (κ2) is 11.9. The van der Waals surface area contributed by atoms with Gasteiger partial charge in [0.25, 0.3) is 0 Å². The summed E-state index contributed by atoms with van der Waals surface area (Å²) in [6.07, 6.45) is 4.03. The lowest BCUT2D eigenvalue weighted by atomic mass is 10.2. The summed E-state index contributed by atoms with van der Waals surface area (Å²) in [4.78, 5) is 23.9. The summed E-state index contributed by atoms with van der Waals surface area (Å²) < 4.78 is 11.0. The van der Waals surface area contributed by atoms with Crippen molar-refractivity contribution >= 4 is 35.2 Å². The van der Waals surface area contributed by atoms with Gasteiger partial charge >= 0.3 is 0 Å². The van der Waals surface area contributed by atoms with Crippen molar-refractivity contribution in [2.45, 2.75) is 32.8 Å². The van der Waals surface area contributed by atoms with Crippen molar-refractivity contribution in [2.24, 2.45) is 0 Å². The molecule has 0 aliphatic carbocycles. The lowest BCUT2D eigenvalue weighted by Crippen LogP contribution is -2.23. The van der Waals surface area contributed by atoms with Crippen LogP contribution in [0.2, 0.25) is 5.02 Å². The van der Waals surface area contributed by atoms with Crippen LogP contribution in [0.5, 0.6) is 11.5 Å². The van der Waals surface area contributed by atoms with Crippen molar-refractivity contribution in [1.82, 2.24) is 5.32 Å². The molecule has 0 aliphatic heterocycles. The number of methoxy groups -OCH3 is 1. The minimum absolute atomic E-state index is 0.0411. The highest BCUT2D eigenvalue weighted by Crippen LogP contribution is 2.29. The molecule has 0 atom stereocenters. The number of carbonyl (C=O) groups is 2. The maximum absolute atomic E-state index is 12.0. The predicted octanol–water partition coefficient (Wildman–Crippen LogP) is 4.68. The van der Waals surface area contributed by atoms with Crippen molar-refractivity contribution in [2.75, 3.05) is 19.0 Å². The van der Waals surface area contributed by atoms with Gasteiger partial charge in [0.15, 0.2) is 11.5 Å². The molecular weight excluding hydrogens is 404 g/mol. The molecule has 0 spiro atoms. The Labute approximate surface area is 182 Å². The molecule has 0 fully saturated rings. The van der Waals surface area contributed by atoms with Crippen LogP contribution in [-0.4, -0.2) is 31.6 Å². The second-order valence-electron chi connectivity index (χ2n) is 6.86. The van der Waals surface area contributed by atoms with E-state index in [1.54, 1.807) is 37.5 Å². The summed E-state index contributed by atoms with van der Waals surface area (Å²) in [5.74, 6) is 0.927. The average molecular weight is 431 g/mol. The van der Waals surface area contributed by atoms with Gasteiger partial charge in [-0.25, -0.2) is 0 Å². The molecule has 2 aromatic carbocycles. The summed E-state index contributed by atoms with van der Waals surface area (Å²) in [7, 11) is 1.58. The van der Waals surface area contributed by atoms with Gasteiger partial charge in [0.2, 0.25) is 11.8 Å². The molecule has 0 aliphatic rings. The van der Waals surface area contributed by atoms with Gasteiger partial charge in [-0.3, -0.25) is 9.59 Å². The highest BCUT2D eigenvalue weighted by molar-refractivity contribution is 6.30. The molecule has 0 bridgehead atoms. The topological polar surface area (TPSA) is 76.7 Å². The van der Waals surface area contributed by atoms with Crippen LogP contribution in [0.1, 0.15) is 32.3 Å². The van der Waals surface area contributed by atoms with E-state index in [0.29, 0.717) is 41.6 Å². The fraction of sp³-hybridized carbons (Fsp3) is 0.304. The normalized spacial score (nSPS) is 10.8. The van der Waals surface area contributed by atoms with E-state index in [1.807, 2.05) is 32.0 Å². The number of hydrogen-bond acceptors (Lipinski definition) is 4. The first-order valence-corrected chi connectivity index (χ1v) is 10.1. The van der Waals surface area contributed by atoms with Crippen molar-refractivity contribution in [3.63, 3.8) is 0 Å². The van der Waals surface area contributed by atoms with Crippen LogP contribution >= 0.6 is 11.6 Å². The minimum Gasteiger partial charge on any atom is -0.493 e. The van der Waals surface area contributed by atoms with Crippen molar-refractivity contribution < 1.29 is 19.1 Å². The van der Waals surface area contributed by atoms with Gasteiger partial charge in [-0.2, -0.15) is 0 Å². The van der Waals surface area contributed by atoms with Gasteiger partial charge in [-0.05, 0) is 68.3 Å². The SMILES string of the molecule is COc1cc(C=CC(=O)NCCCC(=O)Nc2ccc(Cl)cc2)ccc1OC(C)C. The molecular formula is C23H27ClN2O4. The van der Waals surface area contributed by atoms with Crippen LogP contribution in [0.15, 0.2) is 48.5 Å². The zero-order valence-corrected chi connectivity index (χ0v) is 18.2. The van der Waals surface area contributed by atoms with Gasteiger partial charge in [-0.15, -0.1) is 0 Å². The first kappa shape index (κ1) is 23.3. The van der Waals surface area contributed by atoms with Crippen LogP contribution in [0.3, 0.4) is 0 Å². The number of benzene rings is 2. The molecule has 6 nitrogen and oxygen atoms in total. The Morgan fingerprint density at radius 1 is 1.10 bits per heavy atom. The summed E-state index contributed by atoms with van der Waals surface area (Å²) in [5.41, 5.74) is 1.51. The molecule has 30 heavy (non-hydrogen) atoms. The zero-order chi connectivity index (χ0) is 21.9. The standard InChI is InChI=1S/C23H27ClN2O4/c1-16(2)30-20-12-6-17(15-21(20)29-3)7-13-22(27)25-14-4-5-23(28)26-19-10-8-18(24)9-11-19/h6-13,15-16H,4-5,14H2,1-3H3,(H,25,27)(H,26,28). The number of anilines is 1. The van der Waals surface area contributed by atoms with E-state index in [-0.39, 0.29) is 17.9 Å². The summed E-state index contributed by atoms with van der Waals surface area (Å²) in [5, 5.41) is 6.16. The monoisotopic (exact) mass is 430 g/mol. The van der Waals surface area contributed by atoms with Crippen LogP contribution in [0, 0.1) is 0 Å². The summed E-state index contributed by atoms with van der Waals surface area (Å²) >= 11 is 5.81. The zero-order valence-electron chi connectivity index (χ0n) is 17.4. The number of rotatable bonds is 10. The Hall–Kier alpha value is -2.99. The summed E-state index contributed by atoms with van der Waals surface area (Å²) in [6.45, 7) is 4.29. The van der Waals surface area contributed by atoms with Crippen molar-refractivity contribution in [3.8, 4) is 11.5 Å². The largest absolute Gasteiger partial charge is 0.493 e. The van der Waals surface area contributed by atoms with E-state index in [2.05, 4.69) is 10.6 Å². The highest BCUT2D eigenvalue weighted by atomic mass is 35.5. The number of hydrogen-bond donors (Lipinski definition) is 2. The van der Waals surface area contributed by atoms with Gasteiger partial charge in [0, 0.05) is 29.8 Å². The highest BCUT2D eigenvalue weighted by Gasteiger charge is 2.07. The van der Waals surface area contributed by atoms with Crippen molar-refractivity contribution in [1.29, 1.82) is 0 Å². The van der Waals surface area contributed by atoms with E-state index in [0.717, 1.165) is 5.56 Å². The molecule has 2 N–H and O–H groups in total. The van der Waals surface area contributed by atoms with Gasteiger partial charge < -0.3 is 20.1 Å². The van der Waals surface area contributed by atoms with E-state index >= 15 is 0 Å². The lowest BCUT2D eigenvalue weighted by molar-refractivity contribution is -0.118. The molecule has 0 saturated heterocycles.